The minimum Gasteiger partial charge on any atom is -0.494 e. The van der Waals surface area contributed by atoms with Gasteiger partial charge in [-0.05, 0) is 61.9 Å². The first-order valence-corrected chi connectivity index (χ1v) is 11.4. The van der Waals surface area contributed by atoms with E-state index in [0.717, 1.165) is 33.5 Å². The highest BCUT2D eigenvalue weighted by molar-refractivity contribution is 6.31. The molecule has 1 aromatic heterocycles. The second kappa shape index (κ2) is 10.3. The average molecular weight is 470 g/mol. The van der Waals surface area contributed by atoms with Gasteiger partial charge in [0.1, 0.15) is 17.4 Å². The highest BCUT2D eigenvalue weighted by Crippen LogP contribution is 2.30. The van der Waals surface area contributed by atoms with Gasteiger partial charge in [0.2, 0.25) is 0 Å². The second-order valence-corrected chi connectivity index (χ2v) is 8.18. The molecule has 4 aromatic rings. The van der Waals surface area contributed by atoms with Crippen LogP contribution in [0.25, 0.3) is 17.0 Å². The number of ether oxygens (including phenoxy) is 1. The van der Waals surface area contributed by atoms with Gasteiger partial charge in [-0.15, -0.1) is 0 Å². The number of nitrogens with one attached hydrogen (secondary N) is 1. The number of rotatable bonds is 7. The zero-order valence-corrected chi connectivity index (χ0v) is 19.8. The van der Waals surface area contributed by atoms with Gasteiger partial charge in [0.25, 0.3) is 5.91 Å². The summed E-state index contributed by atoms with van der Waals surface area (Å²) in [6.07, 6.45) is 1.66. The van der Waals surface area contributed by atoms with Crippen molar-refractivity contribution in [2.24, 2.45) is 0 Å². The maximum absolute atomic E-state index is 12.9. The van der Waals surface area contributed by atoms with Crippen LogP contribution in [-0.4, -0.2) is 17.1 Å². The van der Waals surface area contributed by atoms with Crippen LogP contribution in [0.5, 0.6) is 5.75 Å². The van der Waals surface area contributed by atoms with E-state index in [9.17, 15) is 10.1 Å². The number of benzene rings is 3. The predicted octanol–water partition coefficient (Wildman–Crippen LogP) is 6.60. The maximum Gasteiger partial charge on any atom is 0.266 e. The largest absolute Gasteiger partial charge is 0.494 e. The van der Waals surface area contributed by atoms with E-state index in [1.165, 1.54) is 0 Å². The standard InChI is InChI=1S/C28H24ClN3O2/c1-3-34-23-14-12-22(13-15-23)31-28(33)21(17-30)16-25-19(2)32(27-11-7-5-9-24(25)27)18-20-8-4-6-10-26(20)29/h4-16H,3,18H2,1-2H3,(H,31,33)/b21-16-. The van der Waals surface area contributed by atoms with Crippen LogP contribution in [0.2, 0.25) is 5.02 Å². The molecule has 0 bridgehead atoms. The van der Waals surface area contributed by atoms with Crippen LogP contribution >= 0.6 is 11.6 Å². The zero-order valence-electron chi connectivity index (χ0n) is 19.0. The molecule has 0 saturated heterocycles. The fourth-order valence-corrected chi connectivity index (χ4v) is 4.13. The van der Waals surface area contributed by atoms with Crippen molar-refractivity contribution >= 4 is 40.2 Å². The zero-order chi connectivity index (χ0) is 24.1. The highest BCUT2D eigenvalue weighted by atomic mass is 35.5. The Hall–Kier alpha value is -4.01. The third-order valence-corrected chi connectivity index (χ3v) is 6.01. The molecule has 0 unspecified atom stereocenters. The summed E-state index contributed by atoms with van der Waals surface area (Å²) < 4.78 is 7.59. The molecule has 34 heavy (non-hydrogen) atoms. The number of amides is 1. The Morgan fingerprint density at radius 2 is 1.79 bits per heavy atom. The number of para-hydroxylation sites is 1. The molecule has 0 spiro atoms. The Kier molecular flexibility index (Phi) is 7.01. The predicted molar refractivity (Wildman–Crippen MR) is 137 cm³/mol. The van der Waals surface area contributed by atoms with E-state index in [2.05, 4.69) is 16.0 Å². The Bertz CT molecular complexity index is 1410. The molecule has 5 nitrogen and oxygen atoms in total. The number of halogens is 1. The smallest absolute Gasteiger partial charge is 0.266 e. The van der Waals surface area contributed by atoms with E-state index in [1.807, 2.05) is 62.4 Å². The monoisotopic (exact) mass is 469 g/mol. The van der Waals surface area contributed by atoms with Gasteiger partial charge in [-0.3, -0.25) is 4.79 Å². The summed E-state index contributed by atoms with van der Waals surface area (Å²) in [5.74, 6) is 0.257. The minimum atomic E-state index is -0.464. The Morgan fingerprint density at radius 1 is 1.09 bits per heavy atom. The molecule has 6 heteroatoms. The fourth-order valence-electron chi connectivity index (χ4n) is 3.93. The summed E-state index contributed by atoms with van der Waals surface area (Å²) in [6, 6.07) is 24.8. The number of nitrogens with zero attached hydrogens (tertiary/aromatic N) is 2. The summed E-state index contributed by atoms with van der Waals surface area (Å²) in [6.45, 7) is 5.05. The van der Waals surface area contributed by atoms with Crippen molar-refractivity contribution in [1.29, 1.82) is 5.26 Å². The lowest BCUT2D eigenvalue weighted by Gasteiger charge is -2.10. The Morgan fingerprint density at radius 3 is 2.50 bits per heavy atom. The van der Waals surface area contributed by atoms with E-state index < -0.39 is 5.91 Å². The summed E-state index contributed by atoms with van der Waals surface area (Å²) >= 11 is 6.41. The first-order chi connectivity index (χ1) is 16.5. The number of carbonyl (C=O) groups excluding carboxylic acids is 1. The van der Waals surface area contributed by atoms with Gasteiger partial charge < -0.3 is 14.6 Å². The van der Waals surface area contributed by atoms with Crippen molar-refractivity contribution in [1.82, 2.24) is 4.57 Å². The van der Waals surface area contributed by atoms with Crippen LogP contribution in [0.1, 0.15) is 23.7 Å². The molecular weight excluding hydrogens is 446 g/mol. The first-order valence-electron chi connectivity index (χ1n) is 11.0. The van der Waals surface area contributed by atoms with Crippen LogP contribution < -0.4 is 10.1 Å². The molecule has 170 valence electrons. The summed E-state index contributed by atoms with van der Waals surface area (Å²) in [5, 5.41) is 14.2. The quantitative estimate of drug-likeness (QED) is 0.245. The second-order valence-electron chi connectivity index (χ2n) is 7.78. The number of anilines is 1. The van der Waals surface area contributed by atoms with Crippen molar-refractivity contribution in [3.05, 3.63) is 100 Å². The normalized spacial score (nSPS) is 11.3. The van der Waals surface area contributed by atoms with Gasteiger partial charge in [-0.1, -0.05) is 48.0 Å². The van der Waals surface area contributed by atoms with E-state index in [1.54, 1.807) is 30.3 Å². The topological polar surface area (TPSA) is 67.0 Å². The summed E-state index contributed by atoms with van der Waals surface area (Å²) in [4.78, 5) is 12.9. The van der Waals surface area contributed by atoms with Crippen LogP contribution in [0.4, 0.5) is 5.69 Å². The molecule has 0 atom stereocenters. The number of hydrogen-bond acceptors (Lipinski definition) is 3. The molecule has 0 aliphatic carbocycles. The SMILES string of the molecule is CCOc1ccc(NC(=O)/C(C#N)=C\c2c(C)n(Cc3ccccc3Cl)c3ccccc23)cc1. The van der Waals surface area contributed by atoms with Gasteiger partial charge in [-0.25, -0.2) is 0 Å². The fraction of sp³-hybridized carbons (Fsp3) is 0.143. The average Bonchev–Trinajstić information content (AvgIpc) is 3.11. The lowest BCUT2D eigenvalue weighted by atomic mass is 10.1. The van der Waals surface area contributed by atoms with Crippen molar-refractivity contribution in [3.63, 3.8) is 0 Å². The first kappa shape index (κ1) is 23.2. The number of fused-ring (bicyclic) bond motifs is 1. The third-order valence-electron chi connectivity index (χ3n) is 5.64. The molecule has 0 radical (unpaired) electrons. The number of nitriles is 1. The maximum atomic E-state index is 12.9. The van der Waals surface area contributed by atoms with Crippen molar-refractivity contribution in [2.45, 2.75) is 20.4 Å². The van der Waals surface area contributed by atoms with E-state index in [0.29, 0.717) is 23.9 Å². The Labute approximate surface area is 203 Å². The van der Waals surface area contributed by atoms with Gasteiger partial charge in [0.15, 0.2) is 0 Å². The molecule has 0 aliphatic rings. The molecule has 4 rings (SSSR count). The van der Waals surface area contributed by atoms with Crippen LogP contribution in [0.15, 0.2) is 78.4 Å². The molecule has 1 N–H and O–H groups in total. The van der Waals surface area contributed by atoms with Crippen LogP contribution in [-0.2, 0) is 11.3 Å². The van der Waals surface area contributed by atoms with Crippen LogP contribution in [0, 0.1) is 18.3 Å². The van der Waals surface area contributed by atoms with Gasteiger partial charge in [0.05, 0.1) is 6.61 Å². The molecule has 0 saturated carbocycles. The van der Waals surface area contributed by atoms with Crippen molar-refractivity contribution in [3.8, 4) is 11.8 Å². The van der Waals surface area contributed by atoms with Crippen molar-refractivity contribution < 1.29 is 9.53 Å². The number of hydrogen-bond donors (Lipinski definition) is 1. The summed E-state index contributed by atoms with van der Waals surface area (Å²) in [5.41, 5.74) is 4.40. The molecule has 3 aromatic carbocycles. The lowest BCUT2D eigenvalue weighted by molar-refractivity contribution is -0.112. The molecule has 0 fully saturated rings. The van der Waals surface area contributed by atoms with Gasteiger partial charge in [-0.2, -0.15) is 5.26 Å². The number of aromatic nitrogens is 1. The van der Waals surface area contributed by atoms with Gasteiger partial charge >= 0.3 is 0 Å². The Balaban J connectivity index is 1.68. The van der Waals surface area contributed by atoms with E-state index in [-0.39, 0.29) is 5.57 Å². The molecule has 1 amide bonds. The molecule has 0 aliphatic heterocycles. The van der Waals surface area contributed by atoms with E-state index >= 15 is 0 Å². The number of carbonyl (C=O) groups is 1. The van der Waals surface area contributed by atoms with E-state index in [4.69, 9.17) is 16.3 Å². The molecule has 1 heterocycles. The molecular formula is C28H24ClN3O2. The lowest BCUT2D eigenvalue weighted by Crippen LogP contribution is -2.13. The van der Waals surface area contributed by atoms with Gasteiger partial charge in [0, 0.05) is 39.4 Å². The van der Waals surface area contributed by atoms with Crippen molar-refractivity contribution in [2.75, 3.05) is 11.9 Å². The summed E-state index contributed by atoms with van der Waals surface area (Å²) in [7, 11) is 0. The minimum absolute atomic E-state index is 0.0256. The highest BCUT2D eigenvalue weighted by Gasteiger charge is 2.17. The third kappa shape index (κ3) is 4.83. The van der Waals surface area contributed by atoms with Crippen LogP contribution in [0.3, 0.4) is 0 Å².